The number of hydrogen-bond acceptors (Lipinski definition) is 3. The first-order chi connectivity index (χ1) is 8.29. The van der Waals surface area contributed by atoms with Crippen LogP contribution in [0, 0.1) is 5.92 Å². The molecule has 2 N–H and O–H groups in total. The monoisotopic (exact) mass is 262 g/mol. The van der Waals surface area contributed by atoms with Crippen LogP contribution in [0.2, 0.25) is 0 Å². The summed E-state index contributed by atoms with van der Waals surface area (Å²) in [5, 5.41) is 11.3. The third kappa shape index (κ3) is 4.60. The number of aromatic nitrogens is 1. The molecule has 0 amide bonds. The normalized spacial score (nSPS) is 13.1. The van der Waals surface area contributed by atoms with E-state index in [-0.39, 0.29) is 12.3 Å². The highest BCUT2D eigenvalue weighted by atomic mass is 19.4. The van der Waals surface area contributed by atoms with Gasteiger partial charge in [-0.15, -0.1) is 0 Å². The molecular formula is C11H13F3N2O2. The molecule has 0 aliphatic carbocycles. The van der Waals surface area contributed by atoms with Crippen LogP contribution in [-0.4, -0.2) is 22.6 Å². The van der Waals surface area contributed by atoms with E-state index in [9.17, 15) is 18.0 Å². The van der Waals surface area contributed by atoms with Crippen LogP contribution in [0.15, 0.2) is 18.3 Å². The number of nitrogens with zero attached hydrogens (tertiary/aromatic N) is 1. The average Bonchev–Trinajstić information content (AvgIpc) is 2.25. The molecule has 100 valence electrons. The minimum Gasteiger partial charge on any atom is -0.481 e. The summed E-state index contributed by atoms with van der Waals surface area (Å²) in [6.45, 7) is 2.07. The summed E-state index contributed by atoms with van der Waals surface area (Å²) in [4.78, 5) is 14.0. The van der Waals surface area contributed by atoms with Crippen molar-refractivity contribution in [2.75, 3.05) is 11.9 Å². The minimum absolute atomic E-state index is 0.00631. The highest BCUT2D eigenvalue weighted by Gasteiger charge is 2.30. The SMILES string of the molecule is CC(CNc1ccc(C(F)(F)F)cn1)CC(=O)O. The lowest BCUT2D eigenvalue weighted by Gasteiger charge is -2.11. The van der Waals surface area contributed by atoms with Crippen LogP contribution >= 0.6 is 0 Å². The highest BCUT2D eigenvalue weighted by molar-refractivity contribution is 5.67. The molecule has 0 saturated heterocycles. The summed E-state index contributed by atoms with van der Waals surface area (Å²) in [7, 11) is 0. The standard InChI is InChI=1S/C11H13F3N2O2/c1-7(4-10(17)18)5-15-9-3-2-8(6-16-9)11(12,13)14/h2-3,6-7H,4-5H2,1H3,(H,15,16)(H,17,18). The maximum atomic E-state index is 12.3. The van der Waals surface area contributed by atoms with Crippen molar-refractivity contribution in [2.24, 2.45) is 5.92 Å². The van der Waals surface area contributed by atoms with Gasteiger partial charge in [0.25, 0.3) is 0 Å². The molecular weight excluding hydrogens is 249 g/mol. The zero-order valence-electron chi connectivity index (χ0n) is 9.66. The number of nitrogens with one attached hydrogen (secondary N) is 1. The quantitative estimate of drug-likeness (QED) is 0.856. The molecule has 7 heteroatoms. The third-order valence-corrected chi connectivity index (χ3v) is 2.25. The van der Waals surface area contributed by atoms with Gasteiger partial charge < -0.3 is 10.4 Å². The maximum Gasteiger partial charge on any atom is 0.417 e. The number of hydrogen-bond donors (Lipinski definition) is 2. The van der Waals surface area contributed by atoms with Crippen LogP contribution in [0.4, 0.5) is 19.0 Å². The lowest BCUT2D eigenvalue weighted by atomic mass is 10.1. The molecule has 18 heavy (non-hydrogen) atoms. The zero-order chi connectivity index (χ0) is 13.8. The number of rotatable bonds is 5. The van der Waals surface area contributed by atoms with E-state index in [1.54, 1.807) is 6.92 Å². The predicted molar refractivity (Wildman–Crippen MR) is 59.1 cm³/mol. The van der Waals surface area contributed by atoms with Crippen molar-refractivity contribution in [3.63, 3.8) is 0 Å². The van der Waals surface area contributed by atoms with Crippen molar-refractivity contribution in [1.29, 1.82) is 0 Å². The van der Waals surface area contributed by atoms with Crippen LogP contribution < -0.4 is 5.32 Å². The van der Waals surface area contributed by atoms with Gasteiger partial charge in [-0.2, -0.15) is 13.2 Å². The molecule has 1 unspecified atom stereocenters. The lowest BCUT2D eigenvalue weighted by molar-refractivity contribution is -0.138. The van der Waals surface area contributed by atoms with Gasteiger partial charge in [0.15, 0.2) is 0 Å². The third-order valence-electron chi connectivity index (χ3n) is 2.25. The van der Waals surface area contributed by atoms with Crippen molar-refractivity contribution in [1.82, 2.24) is 4.98 Å². The lowest BCUT2D eigenvalue weighted by Crippen LogP contribution is -2.15. The van der Waals surface area contributed by atoms with Crippen molar-refractivity contribution >= 4 is 11.8 Å². The van der Waals surface area contributed by atoms with Crippen molar-refractivity contribution in [2.45, 2.75) is 19.5 Å². The first-order valence-corrected chi connectivity index (χ1v) is 5.28. The van der Waals surface area contributed by atoms with Gasteiger partial charge in [0, 0.05) is 19.2 Å². The summed E-state index contributed by atoms with van der Waals surface area (Å²) in [6, 6.07) is 2.15. The van der Waals surface area contributed by atoms with Gasteiger partial charge >= 0.3 is 12.1 Å². The largest absolute Gasteiger partial charge is 0.481 e. The molecule has 0 fully saturated rings. The molecule has 0 spiro atoms. The van der Waals surface area contributed by atoms with E-state index in [1.807, 2.05) is 0 Å². The molecule has 0 aliphatic rings. The predicted octanol–water partition coefficient (Wildman–Crippen LogP) is 2.62. The topological polar surface area (TPSA) is 62.2 Å². The molecule has 1 rings (SSSR count). The van der Waals surface area contributed by atoms with Crippen molar-refractivity contribution in [3.05, 3.63) is 23.9 Å². The van der Waals surface area contributed by atoms with Crippen LogP contribution in [0.5, 0.6) is 0 Å². The number of carboxylic acids is 1. The number of alkyl halides is 3. The number of aliphatic carboxylic acids is 1. The van der Waals surface area contributed by atoms with Gasteiger partial charge in [-0.05, 0) is 18.1 Å². The Hall–Kier alpha value is -1.79. The fraction of sp³-hybridized carbons (Fsp3) is 0.455. The Labute approximate surface area is 102 Å². The fourth-order valence-electron chi connectivity index (χ4n) is 1.32. The molecule has 1 aromatic rings. The van der Waals surface area contributed by atoms with Crippen LogP contribution in [0.25, 0.3) is 0 Å². The van der Waals surface area contributed by atoms with Crippen LogP contribution in [0.3, 0.4) is 0 Å². The van der Waals surface area contributed by atoms with Gasteiger partial charge in [0.2, 0.25) is 0 Å². The van der Waals surface area contributed by atoms with E-state index in [1.165, 1.54) is 6.07 Å². The second-order valence-corrected chi connectivity index (χ2v) is 4.01. The average molecular weight is 262 g/mol. The Kier molecular flexibility index (Phi) is 4.52. The molecule has 1 aromatic heterocycles. The number of pyridine rings is 1. The van der Waals surface area contributed by atoms with Crippen molar-refractivity contribution in [3.8, 4) is 0 Å². The Morgan fingerprint density at radius 1 is 1.50 bits per heavy atom. The van der Waals surface area contributed by atoms with Gasteiger partial charge in [-0.3, -0.25) is 4.79 Å². The maximum absolute atomic E-state index is 12.3. The summed E-state index contributed by atoms with van der Waals surface area (Å²) in [5.41, 5.74) is -0.813. The van der Waals surface area contributed by atoms with E-state index in [0.717, 1.165) is 12.3 Å². The van der Waals surface area contributed by atoms with Gasteiger partial charge in [0.05, 0.1) is 5.56 Å². The summed E-state index contributed by atoms with van der Waals surface area (Å²) < 4.78 is 36.8. The second kappa shape index (κ2) is 5.70. The first kappa shape index (κ1) is 14.3. The van der Waals surface area contributed by atoms with Crippen LogP contribution in [-0.2, 0) is 11.0 Å². The summed E-state index contributed by atoms with van der Waals surface area (Å²) in [6.07, 6.45) is -3.67. The smallest absolute Gasteiger partial charge is 0.417 e. The van der Waals surface area contributed by atoms with E-state index in [2.05, 4.69) is 10.3 Å². The number of carbonyl (C=O) groups is 1. The Balaban J connectivity index is 2.52. The van der Waals surface area contributed by atoms with Gasteiger partial charge in [-0.1, -0.05) is 6.92 Å². The number of anilines is 1. The highest BCUT2D eigenvalue weighted by Crippen LogP contribution is 2.28. The fourth-order valence-corrected chi connectivity index (χ4v) is 1.32. The van der Waals surface area contributed by atoms with E-state index in [4.69, 9.17) is 5.11 Å². The Bertz CT molecular complexity index is 404. The second-order valence-electron chi connectivity index (χ2n) is 4.01. The molecule has 0 aliphatic heterocycles. The molecule has 1 heterocycles. The molecule has 0 bridgehead atoms. The van der Waals surface area contributed by atoms with E-state index >= 15 is 0 Å². The van der Waals surface area contributed by atoms with Crippen molar-refractivity contribution < 1.29 is 23.1 Å². The molecule has 0 aromatic carbocycles. The minimum atomic E-state index is -4.40. The van der Waals surface area contributed by atoms with Crippen LogP contribution in [0.1, 0.15) is 18.9 Å². The number of halogens is 3. The molecule has 0 radical (unpaired) electrons. The summed E-state index contributed by atoms with van der Waals surface area (Å²) >= 11 is 0. The van der Waals surface area contributed by atoms with E-state index in [0.29, 0.717) is 12.4 Å². The summed E-state index contributed by atoms with van der Waals surface area (Å²) in [5.74, 6) is -0.753. The Morgan fingerprint density at radius 2 is 2.17 bits per heavy atom. The zero-order valence-corrected chi connectivity index (χ0v) is 9.66. The number of carboxylic acid groups (broad SMARTS) is 1. The molecule has 4 nitrogen and oxygen atoms in total. The van der Waals surface area contributed by atoms with E-state index < -0.39 is 17.7 Å². The molecule has 1 atom stereocenters. The first-order valence-electron chi connectivity index (χ1n) is 5.28. The van der Waals surface area contributed by atoms with Gasteiger partial charge in [0.1, 0.15) is 5.82 Å². The van der Waals surface area contributed by atoms with Gasteiger partial charge in [-0.25, -0.2) is 4.98 Å². The molecule has 0 saturated carbocycles. The Morgan fingerprint density at radius 3 is 2.61 bits per heavy atom.